The Bertz CT molecular complexity index is 741. The van der Waals surface area contributed by atoms with Crippen molar-refractivity contribution in [1.82, 2.24) is 15.2 Å². The van der Waals surface area contributed by atoms with E-state index in [-0.39, 0.29) is 18.5 Å². The molecule has 0 amide bonds. The highest BCUT2D eigenvalue weighted by atomic mass is 19.1. The van der Waals surface area contributed by atoms with Gasteiger partial charge in [0.05, 0.1) is 12.6 Å². The lowest BCUT2D eigenvalue weighted by Gasteiger charge is -2.23. The molecule has 1 aliphatic heterocycles. The molecule has 0 radical (unpaired) electrons. The summed E-state index contributed by atoms with van der Waals surface area (Å²) in [6.07, 6.45) is 1.79. The monoisotopic (exact) mass is 358 g/mol. The Kier molecular flexibility index (Phi) is 6.01. The number of hydrogen-bond acceptors (Lipinski definition) is 4. The fourth-order valence-electron chi connectivity index (χ4n) is 2.96. The van der Waals surface area contributed by atoms with Gasteiger partial charge < -0.3 is 20.1 Å². The van der Waals surface area contributed by atoms with Crippen molar-refractivity contribution in [3.8, 4) is 5.88 Å². The smallest absolute Gasteiger partial charge is 0.213 e. The SMILES string of the molecule is CN=C(NCC(O)c1cccc(F)c1)N1CCC(Oc2ccccn2)C1. The predicted octanol–water partition coefficient (Wildman–Crippen LogP) is 1.98. The van der Waals surface area contributed by atoms with Crippen LogP contribution in [0.15, 0.2) is 53.7 Å². The van der Waals surface area contributed by atoms with Crippen LogP contribution >= 0.6 is 0 Å². The molecule has 3 rings (SSSR count). The van der Waals surface area contributed by atoms with Crippen LogP contribution in [0.5, 0.6) is 5.88 Å². The van der Waals surface area contributed by atoms with E-state index in [9.17, 15) is 9.50 Å². The summed E-state index contributed by atoms with van der Waals surface area (Å²) in [5.41, 5.74) is 0.533. The zero-order chi connectivity index (χ0) is 18.4. The minimum atomic E-state index is -0.814. The Hall–Kier alpha value is -2.67. The molecule has 2 aromatic rings. The maximum absolute atomic E-state index is 13.3. The zero-order valence-corrected chi connectivity index (χ0v) is 14.7. The van der Waals surface area contributed by atoms with Crippen LogP contribution in [0.25, 0.3) is 0 Å². The first kappa shape index (κ1) is 18.1. The number of aromatic nitrogens is 1. The third kappa shape index (κ3) is 4.70. The van der Waals surface area contributed by atoms with Gasteiger partial charge in [-0.2, -0.15) is 0 Å². The highest BCUT2D eigenvalue weighted by molar-refractivity contribution is 5.80. The van der Waals surface area contributed by atoms with E-state index in [0.717, 1.165) is 13.0 Å². The number of rotatable bonds is 5. The first-order valence-electron chi connectivity index (χ1n) is 8.62. The van der Waals surface area contributed by atoms with Gasteiger partial charge in [-0.05, 0) is 23.8 Å². The van der Waals surface area contributed by atoms with Gasteiger partial charge in [-0.25, -0.2) is 9.37 Å². The average Bonchev–Trinajstić information content (AvgIpc) is 3.11. The van der Waals surface area contributed by atoms with E-state index in [2.05, 4.69) is 20.2 Å². The van der Waals surface area contributed by atoms with Gasteiger partial charge in [0.1, 0.15) is 11.9 Å². The number of nitrogens with one attached hydrogen (secondary N) is 1. The van der Waals surface area contributed by atoms with Crippen LogP contribution in [0.3, 0.4) is 0 Å². The van der Waals surface area contributed by atoms with Crippen molar-refractivity contribution in [3.63, 3.8) is 0 Å². The molecule has 0 spiro atoms. The topological polar surface area (TPSA) is 70.0 Å². The summed E-state index contributed by atoms with van der Waals surface area (Å²) >= 11 is 0. The van der Waals surface area contributed by atoms with Crippen LogP contribution in [0, 0.1) is 5.82 Å². The van der Waals surface area contributed by atoms with E-state index < -0.39 is 6.10 Å². The highest BCUT2D eigenvalue weighted by Crippen LogP contribution is 2.17. The molecule has 2 atom stereocenters. The summed E-state index contributed by atoms with van der Waals surface area (Å²) in [7, 11) is 1.70. The molecule has 1 aromatic heterocycles. The Labute approximate surface area is 152 Å². The predicted molar refractivity (Wildman–Crippen MR) is 97.6 cm³/mol. The van der Waals surface area contributed by atoms with Gasteiger partial charge in [-0.3, -0.25) is 4.99 Å². The molecule has 1 aliphatic rings. The van der Waals surface area contributed by atoms with Crippen molar-refractivity contribution in [2.24, 2.45) is 4.99 Å². The van der Waals surface area contributed by atoms with E-state index in [1.807, 2.05) is 18.2 Å². The summed E-state index contributed by atoms with van der Waals surface area (Å²) in [5, 5.41) is 13.4. The van der Waals surface area contributed by atoms with Crippen LogP contribution < -0.4 is 10.1 Å². The number of aliphatic hydroxyl groups excluding tert-OH is 1. The quantitative estimate of drug-likeness (QED) is 0.632. The molecule has 6 nitrogen and oxygen atoms in total. The largest absolute Gasteiger partial charge is 0.472 e. The Morgan fingerprint density at radius 2 is 2.31 bits per heavy atom. The number of ether oxygens (including phenoxy) is 1. The Balaban J connectivity index is 1.51. The zero-order valence-electron chi connectivity index (χ0n) is 14.7. The second-order valence-corrected chi connectivity index (χ2v) is 6.14. The average molecular weight is 358 g/mol. The standard InChI is InChI=1S/C19H23FN4O2/c1-21-19(23-12-17(25)14-5-4-6-15(20)11-14)24-10-8-16(13-24)26-18-7-2-3-9-22-18/h2-7,9,11,16-17,25H,8,10,12-13H2,1H3,(H,21,23). The third-order valence-electron chi connectivity index (χ3n) is 4.27. The number of aliphatic hydroxyl groups is 1. The number of aliphatic imine (C=N–C) groups is 1. The fourth-order valence-corrected chi connectivity index (χ4v) is 2.96. The lowest BCUT2D eigenvalue weighted by Crippen LogP contribution is -2.42. The number of pyridine rings is 1. The molecule has 0 aliphatic carbocycles. The molecular weight excluding hydrogens is 335 g/mol. The van der Waals surface area contributed by atoms with E-state index in [1.165, 1.54) is 12.1 Å². The lowest BCUT2D eigenvalue weighted by molar-refractivity contribution is 0.178. The van der Waals surface area contributed by atoms with Gasteiger partial charge in [0.25, 0.3) is 0 Å². The molecule has 0 bridgehead atoms. The van der Waals surface area contributed by atoms with E-state index in [0.29, 0.717) is 23.9 Å². The highest BCUT2D eigenvalue weighted by Gasteiger charge is 2.26. The van der Waals surface area contributed by atoms with Crippen LogP contribution in [-0.2, 0) is 0 Å². The molecule has 1 fully saturated rings. The normalized spacial score (nSPS) is 18.7. The maximum Gasteiger partial charge on any atom is 0.213 e. The first-order valence-corrected chi connectivity index (χ1v) is 8.62. The van der Waals surface area contributed by atoms with Crippen molar-refractivity contribution in [2.45, 2.75) is 18.6 Å². The number of halogens is 1. The number of guanidine groups is 1. The van der Waals surface area contributed by atoms with Crippen molar-refractivity contribution in [2.75, 3.05) is 26.7 Å². The van der Waals surface area contributed by atoms with Crippen molar-refractivity contribution in [3.05, 3.63) is 60.0 Å². The summed E-state index contributed by atoms with van der Waals surface area (Å²) in [4.78, 5) is 10.5. The fraction of sp³-hybridized carbons (Fsp3) is 0.368. The number of likely N-dealkylation sites (tertiary alicyclic amines) is 1. The van der Waals surface area contributed by atoms with Gasteiger partial charge in [0, 0.05) is 38.8 Å². The van der Waals surface area contributed by atoms with Gasteiger partial charge in [-0.1, -0.05) is 18.2 Å². The van der Waals surface area contributed by atoms with E-state index in [4.69, 9.17) is 4.74 Å². The summed E-state index contributed by atoms with van der Waals surface area (Å²) in [6.45, 7) is 1.73. The molecule has 1 saturated heterocycles. The van der Waals surface area contributed by atoms with Crippen molar-refractivity contribution >= 4 is 5.96 Å². The first-order chi connectivity index (χ1) is 12.7. The minimum Gasteiger partial charge on any atom is -0.472 e. The van der Waals surface area contributed by atoms with Gasteiger partial charge in [-0.15, -0.1) is 0 Å². The molecule has 0 saturated carbocycles. The number of benzene rings is 1. The molecule has 2 heterocycles. The molecule has 2 N–H and O–H groups in total. The van der Waals surface area contributed by atoms with Crippen LogP contribution in [0.1, 0.15) is 18.1 Å². The van der Waals surface area contributed by atoms with Crippen LogP contribution in [0.2, 0.25) is 0 Å². The molecule has 1 aromatic carbocycles. The molecule has 2 unspecified atom stereocenters. The van der Waals surface area contributed by atoms with Crippen molar-refractivity contribution in [1.29, 1.82) is 0 Å². The lowest BCUT2D eigenvalue weighted by atomic mass is 10.1. The molecular formula is C19H23FN4O2. The summed E-state index contributed by atoms with van der Waals surface area (Å²) in [6, 6.07) is 11.6. The second-order valence-electron chi connectivity index (χ2n) is 6.14. The third-order valence-corrected chi connectivity index (χ3v) is 4.27. The molecule has 138 valence electrons. The van der Waals surface area contributed by atoms with Gasteiger partial charge in [0.15, 0.2) is 5.96 Å². The van der Waals surface area contributed by atoms with E-state index in [1.54, 1.807) is 25.4 Å². The Morgan fingerprint density at radius 3 is 3.04 bits per heavy atom. The van der Waals surface area contributed by atoms with Crippen LogP contribution in [0.4, 0.5) is 4.39 Å². The molecule has 26 heavy (non-hydrogen) atoms. The summed E-state index contributed by atoms with van der Waals surface area (Å²) in [5.74, 6) is 0.941. The number of nitrogens with zero attached hydrogens (tertiary/aromatic N) is 3. The molecule has 7 heteroatoms. The Morgan fingerprint density at radius 1 is 1.42 bits per heavy atom. The second kappa shape index (κ2) is 8.62. The van der Waals surface area contributed by atoms with Crippen LogP contribution in [-0.4, -0.2) is 53.7 Å². The maximum atomic E-state index is 13.3. The van der Waals surface area contributed by atoms with Gasteiger partial charge in [0.2, 0.25) is 5.88 Å². The van der Waals surface area contributed by atoms with Gasteiger partial charge >= 0.3 is 0 Å². The minimum absolute atomic E-state index is 0.0385. The van der Waals surface area contributed by atoms with Crippen molar-refractivity contribution < 1.29 is 14.2 Å². The number of hydrogen-bond donors (Lipinski definition) is 2. The summed E-state index contributed by atoms with van der Waals surface area (Å²) < 4.78 is 19.2. The van der Waals surface area contributed by atoms with E-state index >= 15 is 0 Å².